The van der Waals surface area contributed by atoms with Crippen molar-refractivity contribution in [2.75, 3.05) is 16.8 Å². The van der Waals surface area contributed by atoms with Crippen molar-refractivity contribution in [1.29, 1.82) is 0 Å². The highest BCUT2D eigenvalue weighted by Crippen LogP contribution is 2.23. The average Bonchev–Trinajstić information content (AvgIpc) is 2.93. The number of hydrogen-bond donors (Lipinski definition) is 1. The molecule has 1 fully saturated rings. The Bertz CT molecular complexity index is 619. The molecule has 1 N–H and O–H groups in total. The van der Waals surface area contributed by atoms with Crippen molar-refractivity contribution in [2.45, 2.75) is 26.3 Å². The Morgan fingerprint density at radius 2 is 2.00 bits per heavy atom. The van der Waals surface area contributed by atoms with E-state index in [0.29, 0.717) is 6.42 Å². The first-order valence-corrected chi connectivity index (χ1v) is 7.28. The van der Waals surface area contributed by atoms with Crippen LogP contribution in [0.3, 0.4) is 0 Å². The summed E-state index contributed by atoms with van der Waals surface area (Å²) in [6.07, 6.45) is 3.51. The molecule has 4 heteroatoms. The average molecular weight is 281 g/mol. The number of pyridine rings is 1. The van der Waals surface area contributed by atoms with Crippen LogP contribution < -0.4 is 10.2 Å². The predicted molar refractivity (Wildman–Crippen MR) is 84.3 cm³/mol. The van der Waals surface area contributed by atoms with Crippen molar-refractivity contribution >= 4 is 17.3 Å². The number of nitrogens with zero attached hydrogens (tertiary/aromatic N) is 2. The lowest BCUT2D eigenvalue weighted by Gasteiger charge is -2.16. The van der Waals surface area contributed by atoms with Gasteiger partial charge in [0.2, 0.25) is 5.91 Å². The highest BCUT2D eigenvalue weighted by molar-refractivity contribution is 5.95. The molecule has 0 spiro atoms. The number of carbonyl (C=O) groups is 1. The molecule has 1 aromatic heterocycles. The van der Waals surface area contributed by atoms with Crippen LogP contribution in [-0.2, 0) is 11.3 Å². The molecule has 1 aliphatic rings. The van der Waals surface area contributed by atoms with Crippen molar-refractivity contribution in [3.63, 3.8) is 0 Å². The molecule has 1 amide bonds. The van der Waals surface area contributed by atoms with Crippen molar-refractivity contribution in [1.82, 2.24) is 4.98 Å². The van der Waals surface area contributed by atoms with E-state index < -0.39 is 0 Å². The van der Waals surface area contributed by atoms with E-state index in [0.717, 1.165) is 42.1 Å². The highest BCUT2D eigenvalue weighted by atomic mass is 16.2. The number of amides is 1. The van der Waals surface area contributed by atoms with Crippen LogP contribution in [0.25, 0.3) is 0 Å². The maximum Gasteiger partial charge on any atom is 0.227 e. The SMILES string of the molecule is Cc1ccc(CNc2ccc(N3CCCC3=O)cc2)cn1. The van der Waals surface area contributed by atoms with Gasteiger partial charge >= 0.3 is 0 Å². The van der Waals surface area contributed by atoms with Crippen molar-refractivity contribution < 1.29 is 4.79 Å². The third kappa shape index (κ3) is 3.21. The zero-order valence-electron chi connectivity index (χ0n) is 12.2. The topological polar surface area (TPSA) is 45.2 Å². The second kappa shape index (κ2) is 5.95. The minimum Gasteiger partial charge on any atom is -0.381 e. The van der Waals surface area contributed by atoms with Gasteiger partial charge in [-0.3, -0.25) is 9.78 Å². The maximum atomic E-state index is 11.7. The number of rotatable bonds is 4. The van der Waals surface area contributed by atoms with Crippen LogP contribution in [0, 0.1) is 6.92 Å². The standard InChI is InChI=1S/C17H19N3O/c1-13-4-5-14(11-18-13)12-19-15-6-8-16(9-7-15)20-10-2-3-17(20)21/h4-9,11,19H,2-3,10,12H2,1H3. The van der Waals surface area contributed by atoms with E-state index in [2.05, 4.69) is 16.4 Å². The van der Waals surface area contributed by atoms with Gasteiger partial charge in [-0.1, -0.05) is 6.07 Å². The summed E-state index contributed by atoms with van der Waals surface area (Å²) >= 11 is 0. The van der Waals surface area contributed by atoms with Crippen LogP contribution in [0.2, 0.25) is 0 Å². The molecule has 0 atom stereocenters. The van der Waals surface area contributed by atoms with Gasteiger partial charge in [0.05, 0.1) is 0 Å². The number of nitrogens with one attached hydrogen (secondary N) is 1. The molecule has 1 saturated heterocycles. The molecule has 4 nitrogen and oxygen atoms in total. The lowest BCUT2D eigenvalue weighted by atomic mass is 10.2. The molecule has 108 valence electrons. The van der Waals surface area contributed by atoms with Crippen LogP contribution in [0.4, 0.5) is 11.4 Å². The number of carbonyl (C=O) groups excluding carboxylic acids is 1. The molecule has 0 saturated carbocycles. The van der Waals surface area contributed by atoms with Gasteiger partial charge in [-0.25, -0.2) is 0 Å². The van der Waals surface area contributed by atoms with Gasteiger partial charge in [0.25, 0.3) is 0 Å². The largest absolute Gasteiger partial charge is 0.381 e. The second-order valence-electron chi connectivity index (χ2n) is 5.36. The Kier molecular flexibility index (Phi) is 3.86. The minimum atomic E-state index is 0.224. The van der Waals surface area contributed by atoms with Crippen molar-refractivity contribution in [3.8, 4) is 0 Å². The van der Waals surface area contributed by atoms with Crippen LogP contribution in [0.15, 0.2) is 42.6 Å². The van der Waals surface area contributed by atoms with Crippen molar-refractivity contribution in [2.24, 2.45) is 0 Å². The van der Waals surface area contributed by atoms with Gasteiger partial charge in [0.1, 0.15) is 0 Å². The van der Waals surface area contributed by atoms with Gasteiger partial charge in [-0.15, -0.1) is 0 Å². The number of hydrogen-bond acceptors (Lipinski definition) is 3. The number of aromatic nitrogens is 1. The van der Waals surface area contributed by atoms with Crippen LogP contribution >= 0.6 is 0 Å². The van der Waals surface area contributed by atoms with E-state index in [1.54, 1.807) is 0 Å². The lowest BCUT2D eigenvalue weighted by Crippen LogP contribution is -2.23. The van der Waals surface area contributed by atoms with Gasteiger partial charge in [-0.2, -0.15) is 0 Å². The summed E-state index contributed by atoms with van der Waals surface area (Å²) in [5, 5.41) is 3.37. The molecule has 2 heterocycles. The Hall–Kier alpha value is -2.36. The van der Waals surface area contributed by atoms with Crippen LogP contribution in [0.5, 0.6) is 0 Å². The maximum absolute atomic E-state index is 11.7. The molecule has 1 aromatic carbocycles. The summed E-state index contributed by atoms with van der Waals surface area (Å²) in [7, 11) is 0. The Labute approximate surface area is 124 Å². The van der Waals surface area contributed by atoms with E-state index in [9.17, 15) is 4.79 Å². The van der Waals surface area contributed by atoms with E-state index in [1.807, 2.05) is 48.4 Å². The van der Waals surface area contributed by atoms with E-state index in [4.69, 9.17) is 0 Å². The summed E-state index contributed by atoms with van der Waals surface area (Å²) in [5.41, 5.74) is 4.21. The molecule has 0 unspecified atom stereocenters. The molecule has 3 rings (SSSR count). The lowest BCUT2D eigenvalue weighted by molar-refractivity contribution is -0.117. The van der Waals surface area contributed by atoms with Gasteiger partial charge in [-0.05, 0) is 49.2 Å². The fourth-order valence-corrected chi connectivity index (χ4v) is 2.49. The Morgan fingerprint density at radius 1 is 1.19 bits per heavy atom. The third-order valence-electron chi connectivity index (χ3n) is 3.72. The molecule has 0 aliphatic carbocycles. The molecular formula is C17H19N3O. The van der Waals surface area contributed by atoms with Gasteiger partial charge < -0.3 is 10.2 Å². The molecule has 0 radical (unpaired) electrons. The first-order valence-electron chi connectivity index (χ1n) is 7.28. The van der Waals surface area contributed by atoms with E-state index >= 15 is 0 Å². The van der Waals surface area contributed by atoms with Gasteiger partial charge in [0.15, 0.2) is 0 Å². The third-order valence-corrected chi connectivity index (χ3v) is 3.72. The van der Waals surface area contributed by atoms with Gasteiger partial charge in [0, 0.05) is 42.8 Å². The fourth-order valence-electron chi connectivity index (χ4n) is 2.49. The van der Waals surface area contributed by atoms with Crippen LogP contribution in [0.1, 0.15) is 24.1 Å². The molecule has 1 aliphatic heterocycles. The number of benzene rings is 1. The fraction of sp³-hybridized carbons (Fsp3) is 0.294. The molecule has 2 aromatic rings. The summed E-state index contributed by atoms with van der Waals surface area (Å²) in [6.45, 7) is 3.56. The normalized spacial score (nSPS) is 14.5. The Balaban J connectivity index is 1.62. The zero-order valence-corrected chi connectivity index (χ0v) is 12.2. The van der Waals surface area contributed by atoms with E-state index in [1.165, 1.54) is 0 Å². The molecular weight excluding hydrogens is 262 g/mol. The smallest absolute Gasteiger partial charge is 0.227 e. The first kappa shape index (κ1) is 13.6. The summed E-state index contributed by atoms with van der Waals surface area (Å²) < 4.78 is 0. The van der Waals surface area contributed by atoms with Crippen molar-refractivity contribution in [3.05, 3.63) is 53.9 Å². The second-order valence-corrected chi connectivity index (χ2v) is 5.36. The monoisotopic (exact) mass is 281 g/mol. The zero-order chi connectivity index (χ0) is 14.7. The number of anilines is 2. The summed E-state index contributed by atoms with van der Waals surface area (Å²) in [6, 6.07) is 12.1. The van der Waals surface area contributed by atoms with Crippen LogP contribution in [-0.4, -0.2) is 17.4 Å². The highest BCUT2D eigenvalue weighted by Gasteiger charge is 2.21. The quantitative estimate of drug-likeness (QED) is 0.936. The predicted octanol–water partition coefficient (Wildman–Crippen LogP) is 3.13. The van der Waals surface area contributed by atoms with E-state index in [-0.39, 0.29) is 5.91 Å². The summed E-state index contributed by atoms with van der Waals surface area (Å²) in [4.78, 5) is 17.8. The number of aryl methyl sites for hydroxylation is 1. The Morgan fingerprint density at radius 3 is 2.62 bits per heavy atom. The first-order chi connectivity index (χ1) is 10.2. The molecule has 0 bridgehead atoms. The summed E-state index contributed by atoms with van der Waals surface area (Å²) in [5.74, 6) is 0.224. The minimum absolute atomic E-state index is 0.224. The molecule has 21 heavy (non-hydrogen) atoms.